The number of hydrogen-bond acceptors (Lipinski definition) is 4. The van der Waals surface area contributed by atoms with Gasteiger partial charge in [0.25, 0.3) is 0 Å². The topological polar surface area (TPSA) is 70.7 Å². The standard InChI is InChI=1S/C17H25N3O3/c1-20(11-13-7-3-6-10-15(13)23-2)12-16(21)19-17(22)18-14-8-4-5-9-14/h3,6-7,10,14H,4-5,8-9,11-12H2,1-2H3,(H2,18,19,21,22). The first-order valence-corrected chi connectivity index (χ1v) is 7.99. The van der Waals surface area contributed by atoms with Crippen LogP contribution in [0.5, 0.6) is 5.75 Å². The number of para-hydroxylation sites is 1. The van der Waals surface area contributed by atoms with Crippen LogP contribution in [0, 0.1) is 0 Å². The predicted octanol–water partition coefficient (Wildman–Crippen LogP) is 1.90. The van der Waals surface area contributed by atoms with E-state index in [4.69, 9.17) is 4.74 Å². The molecule has 0 aliphatic heterocycles. The number of benzene rings is 1. The minimum absolute atomic E-state index is 0.149. The van der Waals surface area contributed by atoms with Gasteiger partial charge in [0.15, 0.2) is 0 Å². The first kappa shape index (κ1) is 17.3. The Morgan fingerprint density at radius 2 is 1.96 bits per heavy atom. The second-order valence-corrected chi connectivity index (χ2v) is 5.99. The van der Waals surface area contributed by atoms with E-state index < -0.39 is 6.03 Å². The van der Waals surface area contributed by atoms with Crippen molar-refractivity contribution in [2.75, 3.05) is 20.7 Å². The second-order valence-electron chi connectivity index (χ2n) is 5.99. The molecule has 126 valence electrons. The summed E-state index contributed by atoms with van der Waals surface area (Å²) in [5.74, 6) is 0.483. The molecule has 2 N–H and O–H groups in total. The van der Waals surface area contributed by atoms with Crippen LogP contribution in [0.4, 0.5) is 4.79 Å². The van der Waals surface area contributed by atoms with Gasteiger partial charge in [0.1, 0.15) is 5.75 Å². The highest BCUT2D eigenvalue weighted by Gasteiger charge is 2.18. The normalized spacial score (nSPS) is 14.7. The average Bonchev–Trinajstić information content (AvgIpc) is 3.00. The van der Waals surface area contributed by atoms with Crippen LogP contribution in [0.25, 0.3) is 0 Å². The maximum absolute atomic E-state index is 11.9. The number of carbonyl (C=O) groups excluding carboxylic acids is 2. The summed E-state index contributed by atoms with van der Waals surface area (Å²) in [5, 5.41) is 5.23. The molecular formula is C17H25N3O3. The van der Waals surface area contributed by atoms with Crippen molar-refractivity contribution in [2.24, 2.45) is 0 Å². The smallest absolute Gasteiger partial charge is 0.321 e. The molecule has 6 nitrogen and oxygen atoms in total. The molecule has 2 rings (SSSR count). The molecule has 1 aromatic rings. The lowest BCUT2D eigenvalue weighted by Crippen LogP contribution is -2.46. The van der Waals surface area contributed by atoms with Crippen LogP contribution in [0.2, 0.25) is 0 Å². The Kier molecular flexibility index (Phi) is 6.40. The number of hydrogen-bond donors (Lipinski definition) is 2. The third kappa shape index (κ3) is 5.56. The fourth-order valence-electron chi connectivity index (χ4n) is 2.88. The van der Waals surface area contributed by atoms with Crippen molar-refractivity contribution in [1.29, 1.82) is 0 Å². The van der Waals surface area contributed by atoms with Crippen molar-refractivity contribution in [3.63, 3.8) is 0 Å². The van der Waals surface area contributed by atoms with Gasteiger partial charge >= 0.3 is 6.03 Å². The predicted molar refractivity (Wildman–Crippen MR) is 88.3 cm³/mol. The largest absolute Gasteiger partial charge is 0.496 e. The molecule has 1 aromatic carbocycles. The van der Waals surface area contributed by atoms with Gasteiger partial charge in [-0.3, -0.25) is 15.0 Å². The first-order valence-electron chi connectivity index (χ1n) is 7.99. The molecule has 0 bridgehead atoms. The minimum atomic E-state index is -0.396. The second kappa shape index (κ2) is 8.53. The number of urea groups is 1. The van der Waals surface area contributed by atoms with Crippen molar-refractivity contribution in [2.45, 2.75) is 38.3 Å². The maximum Gasteiger partial charge on any atom is 0.321 e. The fraction of sp³-hybridized carbons (Fsp3) is 0.529. The van der Waals surface area contributed by atoms with Gasteiger partial charge in [0.2, 0.25) is 5.91 Å². The molecular weight excluding hydrogens is 294 g/mol. The first-order chi connectivity index (χ1) is 11.1. The van der Waals surface area contributed by atoms with Gasteiger partial charge in [-0.1, -0.05) is 31.0 Å². The lowest BCUT2D eigenvalue weighted by Gasteiger charge is -2.18. The molecule has 0 spiro atoms. The number of methoxy groups -OCH3 is 1. The number of ether oxygens (including phenoxy) is 1. The molecule has 0 radical (unpaired) electrons. The van der Waals surface area contributed by atoms with E-state index in [1.807, 2.05) is 36.2 Å². The molecule has 0 aromatic heterocycles. The summed E-state index contributed by atoms with van der Waals surface area (Å²) in [7, 11) is 3.46. The van der Waals surface area contributed by atoms with E-state index in [-0.39, 0.29) is 18.5 Å². The van der Waals surface area contributed by atoms with Crippen LogP contribution in [0.1, 0.15) is 31.2 Å². The van der Waals surface area contributed by atoms with Crippen LogP contribution in [0.3, 0.4) is 0 Å². The molecule has 0 unspecified atom stereocenters. The molecule has 1 aliphatic rings. The molecule has 1 fully saturated rings. The zero-order chi connectivity index (χ0) is 16.7. The van der Waals surface area contributed by atoms with E-state index in [1.54, 1.807) is 7.11 Å². The molecule has 1 aliphatic carbocycles. The summed E-state index contributed by atoms with van der Waals surface area (Å²) in [6.45, 7) is 0.720. The van der Waals surface area contributed by atoms with E-state index in [9.17, 15) is 9.59 Å². The van der Waals surface area contributed by atoms with E-state index >= 15 is 0 Å². The Hall–Kier alpha value is -2.08. The van der Waals surface area contributed by atoms with Gasteiger partial charge in [-0.25, -0.2) is 4.79 Å². The molecule has 0 saturated heterocycles. The van der Waals surface area contributed by atoms with Crippen molar-refractivity contribution < 1.29 is 14.3 Å². The van der Waals surface area contributed by atoms with Crippen molar-refractivity contribution in [3.8, 4) is 5.75 Å². The number of nitrogens with one attached hydrogen (secondary N) is 2. The highest BCUT2D eigenvalue weighted by atomic mass is 16.5. The van der Waals surface area contributed by atoms with Crippen molar-refractivity contribution in [3.05, 3.63) is 29.8 Å². The van der Waals surface area contributed by atoms with Crippen molar-refractivity contribution in [1.82, 2.24) is 15.5 Å². The summed E-state index contributed by atoms with van der Waals surface area (Å²) in [4.78, 5) is 25.5. The minimum Gasteiger partial charge on any atom is -0.496 e. The average molecular weight is 319 g/mol. The van der Waals surface area contributed by atoms with Gasteiger partial charge < -0.3 is 10.1 Å². The number of carbonyl (C=O) groups is 2. The third-order valence-electron chi connectivity index (χ3n) is 3.99. The highest BCUT2D eigenvalue weighted by molar-refractivity contribution is 5.95. The molecule has 0 atom stereocenters. The zero-order valence-electron chi connectivity index (χ0n) is 13.8. The van der Waals surface area contributed by atoms with Crippen LogP contribution in [-0.2, 0) is 11.3 Å². The van der Waals surface area contributed by atoms with Gasteiger partial charge in [0.05, 0.1) is 13.7 Å². The van der Waals surface area contributed by atoms with E-state index in [2.05, 4.69) is 10.6 Å². The SMILES string of the molecule is COc1ccccc1CN(C)CC(=O)NC(=O)NC1CCCC1. The maximum atomic E-state index is 11.9. The number of imide groups is 1. The zero-order valence-corrected chi connectivity index (χ0v) is 13.8. The Morgan fingerprint density at radius 1 is 1.26 bits per heavy atom. The summed E-state index contributed by atoms with van der Waals surface area (Å²) in [6, 6.07) is 7.49. The number of likely N-dealkylation sites (N-methyl/N-ethyl adjacent to an activating group) is 1. The van der Waals surface area contributed by atoms with Crippen molar-refractivity contribution >= 4 is 11.9 Å². The Morgan fingerprint density at radius 3 is 2.65 bits per heavy atom. The highest BCUT2D eigenvalue weighted by Crippen LogP contribution is 2.18. The summed E-state index contributed by atoms with van der Waals surface area (Å²) >= 11 is 0. The molecule has 6 heteroatoms. The molecule has 1 saturated carbocycles. The van der Waals surface area contributed by atoms with Gasteiger partial charge in [-0.15, -0.1) is 0 Å². The van der Waals surface area contributed by atoms with Crippen LogP contribution in [0.15, 0.2) is 24.3 Å². The monoisotopic (exact) mass is 319 g/mol. The molecule has 3 amide bonds. The van der Waals surface area contributed by atoms with E-state index in [0.29, 0.717) is 6.54 Å². The fourth-order valence-corrected chi connectivity index (χ4v) is 2.88. The number of amides is 3. The lowest BCUT2D eigenvalue weighted by atomic mass is 10.2. The quantitative estimate of drug-likeness (QED) is 0.840. The lowest BCUT2D eigenvalue weighted by molar-refractivity contribution is -0.121. The van der Waals surface area contributed by atoms with E-state index in [0.717, 1.165) is 37.0 Å². The van der Waals surface area contributed by atoms with Crippen LogP contribution in [-0.4, -0.2) is 43.6 Å². The van der Waals surface area contributed by atoms with Crippen LogP contribution >= 0.6 is 0 Å². The van der Waals surface area contributed by atoms with Gasteiger partial charge in [-0.05, 0) is 26.0 Å². The van der Waals surface area contributed by atoms with Gasteiger partial charge in [-0.2, -0.15) is 0 Å². The molecule has 0 heterocycles. The third-order valence-corrected chi connectivity index (χ3v) is 3.99. The van der Waals surface area contributed by atoms with Crippen LogP contribution < -0.4 is 15.4 Å². The van der Waals surface area contributed by atoms with E-state index in [1.165, 1.54) is 0 Å². The Labute approximate surface area is 137 Å². The number of nitrogens with zero attached hydrogens (tertiary/aromatic N) is 1. The number of rotatable bonds is 6. The summed E-state index contributed by atoms with van der Waals surface area (Å²) in [6.07, 6.45) is 4.27. The summed E-state index contributed by atoms with van der Waals surface area (Å²) in [5.41, 5.74) is 1.00. The Balaban J connectivity index is 1.76. The molecule has 23 heavy (non-hydrogen) atoms. The van der Waals surface area contributed by atoms with Gasteiger partial charge in [0, 0.05) is 18.2 Å². The summed E-state index contributed by atoms with van der Waals surface area (Å²) < 4.78 is 5.30. The Bertz CT molecular complexity index is 542.